The molecule has 210 valence electrons. The number of phenolic OH excluding ortho intramolecular Hbond substituents is 1. The van der Waals surface area contributed by atoms with E-state index in [1.54, 1.807) is 18.3 Å². The van der Waals surface area contributed by atoms with Crippen LogP contribution < -0.4 is 15.0 Å². The lowest BCUT2D eigenvalue weighted by atomic mass is 9.86. The molecular weight excluding hydrogens is 519 g/mol. The second-order valence-electron chi connectivity index (χ2n) is 12.2. The van der Waals surface area contributed by atoms with Gasteiger partial charge >= 0.3 is 6.01 Å². The standard InChI is InChI=1S/C32H33FN6O2/c1-2-19-6-3-7-20-12-23(40)14-24(26(19)20)28-27(33)29-25(15-34-28)30(38-16-21-13-22(17-38)35-21)37-31(36-29)41-18-32-8-4-10-39(32)11-5-9-32/h1,6,12,14-15,21-22,35,40H,3-5,7-11,13,16-18H2. The third-order valence-corrected chi connectivity index (χ3v) is 9.79. The van der Waals surface area contributed by atoms with Crippen molar-refractivity contribution in [3.63, 3.8) is 0 Å². The molecule has 0 spiro atoms. The Labute approximate surface area is 238 Å². The molecule has 0 radical (unpaired) electrons. The first-order valence-corrected chi connectivity index (χ1v) is 14.8. The molecule has 2 unspecified atom stereocenters. The van der Waals surface area contributed by atoms with Crippen molar-refractivity contribution in [1.29, 1.82) is 0 Å². The van der Waals surface area contributed by atoms with E-state index in [2.05, 4.69) is 31.0 Å². The number of anilines is 1. The molecule has 9 heteroatoms. The molecule has 5 aliphatic heterocycles. The third kappa shape index (κ3) is 3.99. The maximum atomic E-state index is 16.7. The monoisotopic (exact) mass is 552 g/mol. The number of piperidine rings is 1. The van der Waals surface area contributed by atoms with Crippen molar-refractivity contribution < 1.29 is 14.2 Å². The van der Waals surface area contributed by atoms with Gasteiger partial charge in [-0.15, -0.1) is 6.42 Å². The van der Waals surface area contributed by atoms with Crippen LogP contribution in [0.15, 0.2) is 24.4 Å². The van der Waals surface area contributed by atoms with Crippen LogP contribution in [0, 0.1) is 18.2 Å². The number of pyridine rings is 1. The van der Waals surface area contributed by atoms with E-state index in [9.17, 15) is 5.11 Å². The zero-order chi connectivity index (χ0) is 27.7. The highest BCUT2D eigenvalue weighted by Crippen LogP contribution is 2.42. The number of rotatable bonds is 5. The molecule has 1 aromatic carbocycles. The van der Waals surface area contributed by atoms with Crippen LogP contribution in [-0.4, -0.2) is 75.4 Å². The lowest BCUT2D eigenvalue weighted by Gasteiger charge is -2.48. The number of piperazine rings is 1. The Morgan fingerprint density at radius 2 is 1.95 bits per heavy atom. The van der Waals surface area contributed by atoms with Gasteiger partial charge in [-0.3, -0.25) is 9.88 Å². The predicted molar refractivity (Wildman–Crippen MR) is 155 cm³/mol. The number of hydrogen-bond acceptors (Lipinski definition) is 8. The summed E-state index contributed by atoms with van der Waals surface area (Å²) in [6.45, 7) is 4.28. The molecule has 0 amide bonds. The molecule has 9 rings (SSSR count). The molecule has 2 N–H and O–H groups in total. The second-order valence-corrected chi connectivity index (χ2v) is 12.2. The SMILES string of the molecule is C#CC1=CCCc2cc(O)cc(-c3ncc4c(N5CC6CC(C5)N6)nc(OCC56CCCN5CCC6)nc4c3F)c21. The Balaban J connectivity index is 1.25. The molecule has 41 heavy (non-hydrogen) atoms. The topological polar surface area (TPSA) is 86.6 Å². The van der Waals surface area contributed by atoms with Gasteiger partial charge in [-0.2, -0.15) is 9.97 Å². The van der Waals surface area contributed by atoms with Crippen LogP contribution in [0.5, 0.6) is 11.8 Å². The lowest BCUT2D eigenvalue weighted by molar-refractivity contribution is 0.107. The third-order valence-electron chi connectivity index (χ3n) is 9.79. The average Bonchev–Trinajstić information content (AvgIpc) is 3.56. The largest absolute Gasteiger partial charge is 0.508 e. The summed E-state index contributed by atoms with van der Waals surface area (Å²) in [5, 5.41) is 14.7. The normalized spacial score (nSPS) is 24.4. The van der Waals surface area contributed by atoms with Gasteiger partial charge in [0.2, 0.25) is 0 Å². The highest BCUT2D eigenvalue weighted by atomic mass is 19.1. The number of benzene rings is 1. The number of ether oxygens (including phenoxy) is 1. The van der Waals surface area contributed by atoms with Crippen molar-refractivity contribution in [2.24, 2.45) is 0 Å². The minimum Gasteiger partial charge on any atom is -0.508 e. The van der Waals surface area contributed by atoms with Crippen LogP contribution in [0.3, 0.4) is 0 Å². The summed E-state index contributed by atoms with van der Waals surface area (Å²) in [7, 11) is 0. The van der Waals surface area contributed by atoms with Gasteiger partial charge in [0.05, 0.1) is 10.9 Å². The van der Waals surface area contributed by atoms with Gasteiger partial charge in [-0.05, 0) is 75.7 Å². The van der Waals surface area contributed by atoms with Crippen LogP contribution in [0.25, 0.3) is 27.7 Å². The fraction of sp³-hybridized carbons (Fsp3) is 0.469. The fourth-order valence-electron chi connectivity index (χ4n) is 7.85. The number of halogens is 1. The van der Waals surface area contributed by atoms with Crippen molar-refractivity contribution >= 4 is 22.3 Å². The van der Waals surface area contributed by atoms with E-state index in [4.69, 9.17) is 16.1 Å². The van der Waals surface area contributed by atoms with Crippen molar-refractivity contribution in [3.05, 3.63) is 41.3 Å². The van der Waals surface area contributed by atoms with Crippen LogP contribution in [0.2, 0.25) is 0 Å². The van der Waals surface area contributed by atoms with E-state index in [1.807, 2.05) is 6.08 Å². The number of nitrogens with one attached hydrogen (secondary N) is 1. The highest BCUT2D eigenvalue weighted by molar-refractivity contribution is 5.95. The number of terminal acetylenes is 1. The number of nitrogens with zero attached hydrogens (tertiary/aromatic N) is 5. The molecule has 1 aliphatic carbocycles. The van der Waals surface area contributed by atoms with Gasteiger partial charge in [0.25, 0.3) is 0 Å². The molecular formula is C32H33FN6O2. The van der Waals surface area contributed by atoms with Crippen LogP contribution in [0.1, 0.15) is 49.7 Å². The van der Waals surface area contributed by atoms with Gasteiger partial charge in [0.1, 0.15) is 29.4 Å². The zero-order valence-electron chi connectivity index (χ0n) is 23.0. The quantitative estimate of drug-likeness (QED) is 0.459. The smallest absolute Gasteiger partial charge is 0.319 e. The first-order chi connectivity index (χ1) is 20.0. The summed E-state index contributed by atoms with van der Waals surface area (Å²) < 4.78 is 23.0. The molecule has 6 aliphatic rings. The Bertz CT molecular complexity index is 1620. The number of fused-ring (bicyclic) bond motifs is 5. The van der Waals surface area contributed by atoms with Gasteiger partial charge in [-0.25, -0.2) is 4.39 Å². The van der Waals surface area contributed by atoms with Gasteiger partial charge in [0.15, 0.2) is 5.82 Å². The fourth-order valence-corrected chi connectivity index (χ4v) is 7.85. The van der Waals surface area contributed by atoms with Crippen LogP contribution in [-0.2, 0) is 6.42 Å². The Morgan fingerprint density at radius 1 is 1.17 bits per heavy atom. The van der Waals surface area contributed by atoms with Gasteiger partial charge in [0, 0.05) is 48.1 Å². The van der Waals surface area contributed by atoms with Crippen molar-refractivity contribution in [3.8, 4) is 35.4 Å². The summed E-state index contributed by atoms with van der Waals surface area (Å²) in [6, 6.07) is 4.25. The molecule has 3 aromatic rings. The second kappa shape index (κ2) is 9.40. The molecule has 7 heterocycles. The van der Waals surface area contributed by atoms with E-state index >= 15 is 4.39 Å². The maximum Gasteiger partial charge on any atom is 0.319 e. The summed E-state index contributed by atoms with van der Waals surface area (Å²) in [4.78, 5) is 18.9. The number of allylic oxidation sites excluding steroid dienone is 2. The van der Waals surface area contributed by atoms with Gasteiger partial charge < -0.3 is 20.1 Å². The molecule has 2 bridgehead atoms. The Morgan fingerprint density at radius 3 is 2.71 bits per heavy atom. The first kappa shape index (κ1) is 25.0. The maximum absolute atomic E-state index is 16.7. The molecule has 8 nitrogen and oxygen atoms in total. The molecule has 2 aromatic heterocycles. The summed E-state index contributed by atoms with van der Waals surface area (Å²) >= 11 is 0. The van der Waals surface area contributed by atoms with E-state index in [0.29, 0.717) is 47.5 Å². The van der Waals surface area contributed by atoms with E-state index in [-0.39, 0.29) is 28.5 Å². The Hall–Kier alpha value is -3.74. The summed E-state index contributed by atoms with van der Waals surface area (Å²) in [5.74, 6) is 2.90. The zero-order valence-corrected chi connectivity index (χ0v) is 23.0. The first-order valence-electron chi connectivity index (χ1n) is 14.8. The van der Waals surface area contributed by atoms with E-state index in [0.717, 1.165) is 63.0 Å². The number of hydrogen-bond donors (Lipinski definition) is 2. The Kier molecular flexibility index (Phi) is 5.73. The van der Waals surface area contributed by atoms with Crippen molar-refractivity contribution in [2.45, 2.75) is 62.6 Å². The van der Waals surface area contributed by atoms with Crippen molar-refractivity contribution in [2.75, 3.05) is 37.7 Å². The molecule has 0 saturated carbocycles. The highest BCUT2D eigenvalue weighted by Gasteiger charge is 2.45. The average molecular weight is 553 g/mol. The number of aromatic nitrogens is 3. The number of aromatic hydroxyl groups is 1. The minimum absolute atomic E-state index is 0.0235. The van der Waals surface area contributed by atoms with E-state index < -0.39 is 5.82 Å². The molecule has 5 fully saturated rings. The number of phenols is 1. The summed E-state index contributed by atoms with van der Waals surface area (Å²) in [6.07, 6.45) is 16.7. The predicted octanol–water partition coefficient (Wildman–Crippen LogP) is 4.06. The lowest BCUT2D eigenvalue weighted by Crippen LogP contribution is -2.67. The number of aryl methyl sites for hydroxylation is 1. The van der Waals surface area contributed by atoms with Crippen molar-refractivity contribution in [1.82, 2.24) is 25.2 Å². The van der Waals surface area contributed by atoms with Crippen LogP contribution in [0.4, 0.5) is 10.2 Å². The van der Waals surface area contributed by atoms with Gasteiger partial charge in [-0.1, -0.05) is 12.0 Å². The molecule has 5 saturated heterocycles. The minimum atomic E-state index is -0.562. The molecule has 2 atom stereocenters. The van der Waals surface area contributed by atoms with E-state index in [1.165, 1.54) is 12.8 Å². The summed E-state index contributed by atoms with van der Waals surface area (Å²) in [5.41, 5.74) is 3.11. The van der Waals surface area contributed by atoms with Crippen LogP contribution >= 0.6 is 0 Å².